The fraction of sp³-hybridized carbons (Fsp3) is 0.185. The summed E-state index contributed by atoms with van der Waals surface area (Å²) in [5, 5.41) is 19.2. The van der Waals surface area contributed by atoms with Crippen LogP contribution in [0.1, 0.15) is 42.5 Å². The Bertz CT molecular complexity index is 1340. The lowest BCUT2D eigenvalue weighted by molar-refractivity contribution is -0.143. The molecule has 0 heterocycles. The smallest absolute Gasteiger partial charge is 0.192 e. The van der Waals surface area contributed by atoms with Gasteiger partial charge in [0.1, 0.15) is 17.7 Å². The van der Waals surface area contributed by atoms with Crippen LogP contribution in [-0.4, -0.2) is 0 Å². The molecule has 178 valence electrons. The third-order valence-electron chi connectivity index (χ3n) is 5.73. The van der Waals surface area contributed by atoms with Crippen LogP contribution in [0.15, 0.2) is 71.8 Å². The molecule has 0 fully saturated rings. The van der Waals surface area contributed by atoms with Crippen molar-refractivity contribution in [2.45, 2.75) is 32.6 Å². The van der Waals surface area contributed by atoms with E-state index in [-0.39, 0.29) is 22.8 Å². The van der Waals surface area contributed by atoms with Gasteiger partial charge < -0.3 is 0 Å². The highest BCUT2D eigenvalue weighted by Crippen LogP contribution is 2.48. The standard InChI is InChI=1S/C27H18F6N2/c1-4-6-16(5-2)24-15(3)22-8-7-17(11-23(22)25(24)19(13-34)14-35)18-9-20(26(28,29)30)12-21(10-18)27(31,32)33/h4,6-12H,1,5H2,2-3H3/b16-6+. The van der Waals surface area contributed by atoms with E-state index >= 15 is 0 Å². The largest absolute Gasteiger partial charge is 0.416 e. The monoisotopic (exact) mass is 484 g/mol. The molecule has 0 saturated heterocycles. The van der Waals surface area contributed by atoms with Crippen molar-refractivity contribution in [2.75, 3.05) is 0 Å². The van der Waals surface area contributed by atoms with Crippen molar-refractivity contribution in [3.05, 3.63) is 94.1 Å². The normalized spacial score (nSPS) is 13.9. The first-order valence-corrected chi connectivity index (χ1v) is 10.4. The van der Waals surface area contributed by atoms with Crippen molar-refractivity contribution in [1.29, 1.82) is 10.5 Å². The highest BCUT2D eigenvalue weighted by Gasteiger charge is 2.37. The zero-order chi connectivity index (χ0) is 26.1. The summed E-state index contributed by atoms with van der Waals surface area (Å²) >= 11 is 0. The lowest BCUT2D eigenvalue weighted by atomic mass is 9.90. The Morgan fingerprint density at radius 1 is 0.886 bits per heavy atom. The molecular formula is C27H18F6N2. The van der Waals surface area contributed by atoms with Crippen LogP contribution in [0, 0.1) is 22.7 Å². The van der Waals surface area contributed by atoms with Crippen molar-refractivity contribution >= 4 is 11.1 Å². The maximum absolute atomic E-state index is 13.4. The second-order valence-corrected chi connectivity index (χ2v) is 7.81. The molecule has 35 heavy (non-hydrogen) atoms. The maximum Gasteiger partial charge on any atom is 0.416 e. The number of alkyl halides is 6. The molecule has 1 aliphatic carbocycles. The molecule has 2 aromatic rings. The molecule has 0 saturated carbocycles. The SMILES string of the molecule is C=C/C=C(\CC)C1=C(C)c2ccc(-c3cc(C(F)(F)F)cc(C(F)(F)F)c3)cc2C1=C(C#N)C#N. The van der Waals surface area contributed by atoms with Crippen LogP contribution >= 0.6 is 0 Å². The van der Waals surface area contributed by atoms with Gasteiger partial charge in [0.25, 0.3) is 0 Å². The van der Waals surface area contributed by atoms with Gasteiger partial charge in [0, 0.05) is 5.57 Å². The highest BCUT2D eigenvalue weighted by molar-refractivity contribution is 6.06. The number of hydrogen-bond acceptors (Lipinski definition) is 2. The summed E-state index contributed by atoms with van der Waals surface area (Å²) in [6, 6.07) is 9.53. The van der Waals surface area contributed by atoms with Gasteiger partial charge in [0.2, 0.25) is 0 Å². The first kappa shape index (κ1) is 25.6. The molecular weight excluding hydrogens is 466 g/mol. The molecule has 0 radical (unpaired) electrons. The van der Waals surface area contributed by atoms with Crippen LogP contribution in [0.2, 0.25) is 0 Å². The van der Waals surface area contributed by atoms with Gasteiger partial charge in [0.05, 0.1) is 11.1 Å². The number of halogens is 6. The molecule has 3 rings (SSSR count). The van der Waals surface area contributed by atoms with Crippen LogP contribution in [0.5, 0.6) is 0 Å². The average Bonchev–Trinajstić information content (AvgIpc) is 3.08. The molecule has 0 spiro atoms. The lowest BCUT2D eigenvalue weighted by Gasteiger charge is -2.15. The van der Waals surface area contributed by atoms with Crippen molar-refractivity contribution in [3.63, 3.8) is 0 Å². The van der Waals surface area contributed by atoms with E-state index in [4.69, 9.17) is 0 Å². The first-order chi connectivity index (χ1) is 16.4. The van der Waals surface area contributed by atoms with Crippen molar-refractivity contribution in [3.8, 4) is 23.3 Å². The molecule has 0 aromatic heterocycles. The number of nitrogens with zero attached hydrogens (tertiary/aromatic N) is 2. The van der Waals surface area contributed by atoms with E-state index in [1.807, 2.05) is 19.1 Å². The quantitative estimate of drug-likeness (QED) is 0.248. The Hall–Kier alpha value is -4.04. The Labute approximate surface area is 198 Å². The summed E-state index contributed by atoms with van der Waals surface area (Å²) in [5.74, 6) is 0. The van der Waals surface area contributed by atoms with Crippen molar-refractivity contribution in [1.82, 2.24) is 0 Å². The van der Waals surface area contributed by atoms with Gasteiger partial charge in [0.15, 0.2) is 0 Å². The predicted octanol–water partition coefficient (Wildman–Crippen LogP) is 8.50. The summed E-state index contributed by atoms with van der Waals surface area (Å²) < 4.78 is 80.2. The van der Waals surface area contributed by atoms with E-state index in [9.17, 15) is 36.9 Å². The molecule has 0 bridgehead atoms. The number of allylic oxidation sites excluding steroid dienone is 7. The van der Waals surface area contributed by atoms with E-state index in [2.05, 4.69) is 6.58 Å². The Kier molecular flexibility index (Phi) is 6.80. The average molecular weight is 484 g/mol. The highest BCUT2D eigenvalue weighted by atomic mass is 19.4. The topological polar surface area (TPSA) is 47.6 Å². The fourth-order valence-corrected chi connectivity index (χ4v) is 4.15. The lowest BCUT2D eigenvalue weighted by Crippen LogP contribution is -2.11. The minimum Gasteiger partial charge on any atom is -0.192 e. The summed E-state index contributed by atoms with van der Waals surface area (Å²) in [7, 11) is 0. The summed E-state index contributed by atoms with van der Waals surface area (Å²) in [6.45, 7) is 7.35. The number of benzene rings is 2. The second-order valence-electron chi connectivity index (χ2n) is 7.81. The van der Waals surface area contributed by atoms with Crippen LogP contribution in [0.3, 0.4) is 0 Å². The number of rotatable bonds is 4. The Morgan fingerprint density at radius 3 is 1.91 bits per heavy atom. The molecule has 0 N–H and O–H groups in total. The van der Waals surface area contributed by atoms with Gasteiger partial charge in [-0.05, 0) is 76.6 Å². The van der Waals surface area contributed by atoms with Gasteiger partial charge in [-0.3, -0.25) is 0 Å². The van der Waals surface area contributed by atoms with Gasteiger partial charge in [-0.25, -0.2) is 0 Å². The fourth-order valence-electron chi connectivity index (χ4n) is 4.15. The minimum absolute atomic E-state index is 0.0725. The molecule has 0 unspecified atom stereocenters. The molecule has 8 heteroatoms. The van der Waals surface area contributed by atoms with E-state index in [0.717, 1.165) is 11.1 Å². The minimum atomic E-state index is -4.98. The van der Waals surface area contributed by atoms with E-state index in [0.29, 0.717) is 40.8 Å². The third-order valence-corrected chi connectivity index (χ3v) is 5.73. The van der Waals surface area contributed by atoms with Crippen molar-refractivity contribution < 1.29 is 26.3 Å². The maximum atomic E-state index is 13.4. The number of hydrogen-bond donors (Lipinski definition) is 0. The zero-order valence-corrected chi connectivity index (χ0v) is 18.7. The summed E-state index contributed by atoms with van der Waals surface area (Å²) in [4.78, 5) is 0. The Balaban J connectivity index is 2.33. The molecule has 1 aliphatic rings. The zero-order valence-electron chi connectivity index (χ0n) is 18.7. The van der Waals surface area contributed by atoms with Gasteiger partial charge >= 0.3 is 12.4 Å². The number of fused-ring (bicyclic) bond motifs is 1. The number of nitriles is 2. The predicted molar refractivity (Wildman–Crippen MR) is 121 cm³/mol. The second kappa shape index (κ2) is 9.31. The Morgan fingerprint density at radius 2 is 1.46 bits per heavy atom. The van der Waals surface area contributed by atoms with Gasteiger partial charge in [-0.1, -0.05) is 37.8 Å². The van der Waals surface area contributed by atoms with Crippen LogP contribution in [-0.2, 0) is 12.4 Å². The summed E-state index contributed by atoms with van der Waals surface area (Å²) in [6.07, 6.45) is -6.13. The van der Waals surface area contributed by atoms with Crippen LogP contribution in [0.25, 0.3) is 22.3 Å². The van der Waals surface area contributed by atoms with Gasteiger partial charge in [-0.2, -0.15) is 36.9 Å². The molecule has 0 aliphatic heterocycles. The van der Waals surface area contributed by atoms with Gasteiger partial charge in [-0.15, -0.1) is 0 Å². The van der Waals surface area contributed by atoms with E-state index < -0.39 is 23.5 Å². The van der Waals surface area contributed by atoms with Crippen molar-refractivity contribution in [2.24, 2.45) is 0 Å². The molecule has 2 aromatic carbocycles. The first-order valence-electron chi connectivity index (χ1n) is 10.4. The summed E-state index contributed by atoms with van der Waals surface area (Å²) in [5.41, 5.74) is 0.206. The molecule has 2 nitrogen and oxygen atoms in total. The molecule has 0 atom stereocenters. The van der Waals surface area contributed by atoms with E-state index in [1.165, 1.54) is 12.1 Å². The van der Waals surface area contributed by atoms with Crippen LogP contribution in [0.4, 0.5) is 26.3 Å². The van der Waals surface area contributed by atoms with E-state index in [1.54, 1.807) is 25.1 Å². The molecule has 0 amide bonds. The third kappa shape index (κ3) is 4.79. The van der Waals surface area contributed by atoms with Crippen LogP contribution < -0.4 is 0 Å².